The second-order valence-electron chi connectivity index (χ2n) is 13.3. The van der Waals surface area contributed by atoms with Crippen LogP contribution in [0.3, 0.4) is 0 Å². The van der Waals surface area contributed by atoms with E-state index in [-0.39, 0.29) is 11.3 Å². The maximum atomic E-state index is 14.0. The zero-order valence-corrected chi connectivity index (χ0v) is 31.6. The summed E-state index contributed by atoms with van der Waals surface area (Å²) in [5.74, 6) is 2.32. The van der Waals surface area contributed by atoms with Gasteiger partial charge in [0.25, 0.3) is 5.91 Å². The van der Waals surface area contributed by atoms with Crippen molar-refractivity contribution in [1.29, 1.82) is 0 Å². The summed E-state index contributed by atoms with van der Waals surface area (Å²) < 4.78 is 19.0. The maximum Gasteiger partial charge on any atom is 0.254 e. The highest BCUT2D eigenvalue weighted by Crippen LogP contribution is 2.43. The lowest BCUT2D eigenvalue weighted by Crippen LogP contribution is -2.39. The van der Waals surface area contributed by atoms with Crippen LogP contribution in [0.2, 0.25) is 10.0 Å². The van der Waals surface area contributed by atoms with Crippen LogP contribution in [0.15, 0.2) is 72.1 Å². The summed E-state index contributed by atoms with van der Waals surface area (Å²) >= 11 is 14.8. The maximum absolute atomic E-state index is 14.0. The Morgan fingerprint density at radius 3 is 2.41 bits per heavy atom. The first kappa shape index (κ1) is 35.4. The van der Waals surface area contributed by atoms with Crippen molar-refractivity contribution in [2.24, 2.45) is 0 Å². The summed E-state index contributed by atoms with van der Waals surface area (Å²) in [7, 11) is 4.67. The number of fused-ring (bicyclic) bond motifs is 1. The average molecular weight is 749 g/mol. The van der Waals surface area contributed by atoms with Gasteiger partial charge < -0.3 is 33.5 Å². The Labute approximate surface area is 313 Å². The van der Waals surface area contributed by atoms with Gasteiger partial charge >= 0.3 is 0 Å². The second kappa shape index (κ2) is 15.3. The fourth-order valence-corrected chi connectivity index (χ4v) is 8.62. The number of benzene rings is 3. The van der Waals surface area contributed by atoms with E-state index in [1.165, 1.54) is 4.88 Å². The van der Waals surface area contributed by atoms with Crippen LogP contribution in [-0.2, 0) is 12.0 Å². The Bertz CT molecular complexity index is 1980. The van der Waals surface area contributed by atoms with Crippen LogP contribution in [0.1, 0.15) is 40.1 Å². The van der Waals surface area contributed by atoms with E-state index >= 15 is 0 Å². The summed E-state index contributed by atoms with van der Waals surface area (Å²) in [4.78, 5) is 27.4. The minimum atomic E-state index is -0.286. The fraction of sp³-hybridized carbons (Fsp3) is 0.385. The molecule has 2 aromatic heterocycles. The lowest BCUT2D eigenvalue weighted by atomic mass is 9.76. The van der Waals surface area contributed by atoms with Gasteiger partial charge in [0.2, 0.25) is 11.7 Å². The first-order valence-electron chi connectivity index (χ1n) is 17.3. The zero-order valence-electron chi connectivity index (χ0n) is 29.2. The summed E-state index contributed by atoms with van der Waals surface area (Å²) in [6, 6.07) is 22.1. The van der Waals surface area contributed by atoms with E-state index in [2.05, 4.69) is 62.2 Å². The fourth-order valence-electron chi connectivity index (χ4n) is 7.63. The summed E-state index contributed by atoms with van der Waals surface area (Å²) in [5.41, 5.74) is 3.51. The Morgan fingerprint density at radius 2 is 1.69 bits per heavy atom. The van der Waals surface area contributed by atoms with Crippen molar-refractivity contribution in [3.63, 3.8) is 0 Å². The Morgan fingerprint density at radius 1 is 0.882 bits per heavy atom. The summed E-state index contributed by atoms with van der Waals surface area (Å²) in [6.07, 6.45) is 2.72. The van der Waals surface area contributed by atoms with Gasteiger partial charge in [0, 0.05) is 48.6 Å². The van der Waals surface area contributed by atoms with Crippen LogP contribution in [-0.4, -0.2) is 92.4 Å². The minimum Gasteiger partial charge on any atom is -0.493 e. The molecule has 0 N–H and O–H groups in total. The predicted molar refractivity (Wildman–Crippen MR) is 206 cm³/mol. The molecule has 51 heavy (non-hydrogen) atoms. The normalized spacial score (nSPS) is 18.3. The van der Waals surface area contributed by atoms with Crippen molar-refractivity contribution in [1.82, 2.24) is 19.4 Å². The number of anilines is 1. The molecule has 2 saturated heterocycles. The Balaban J connectivity index is 1.09. The lowest BCUT2D eigenvalue weighted by Gasteiger charge is -2.33. The van der Waals surface area contributed by atoms with E-state index in [0.717, 1.165) is 81.1 Å². The third-order valence-corrected chi connectivity index (χ3v) is 12.0. The van der Waals surface area contributed by atoms with Crippen LogP contribution in [0.4, 0.5) is 5.95 Å². The molecule has 2 aliphatic rings. The smallest absolute Gasteiger partial charge is 0.254 e. The topological polar surface area (TPSA) is 72.3 Å². The molecule has 0 aliphatic carbocycles. The standard InChI is InChI=1S/C39H43Cl2N5O4S/c1-48-34-22-27(23-35(49-2)36(34)50-3)37(47)45-18-14-39(26-45,28-11-12-30(40)31(41)24-28)13-17-43-15-7-16-44(20-19-43)38-42-32-9-4-5-10-33(32)46(38)25-29-8-6-21-51-29/h4-6,8-12,21-24H,7,13-20,25-26H2,1-3H3. The minimum absolute atomic E-state index is 0.0768. The molecular formula is C39H43Cl2N5O4S. The Hall–Kier alpha value is -3.96. The molecule has 1 unspecified atom stereocenters. The average Bonchev–Trinajstić information content (AvgIpc) is 3.88. The molecule has 3 aromatic carbocycles. The molecular weight excluding hydrogens is 705 g/mol. The second-order valence-corrected chi connectivity index (χ2v) is 15.1. The molecule has 5 aromatic rings. The number of carbonyl (C=O) groups is 1. The van der Waals surface area contributed by atoms with Crippen molar-refractivity contribution in [3.05, 3.63) is 98.2 Å². The van der Waals surface area contributed by atoms with Crippen LogP contribution in [0.5, 0.6) is 17.2 Å². The number of amides is 1. The number of aromatic nitrogens is 2. The van der Waals surface area contributed by atoms with Gasteiger partial charge in [0.15, 0.2) is 11.5 Å². The molecule has 9 nitrogen and oxygen atoms in total. The number of halogens is 2. The molecule has 2 aliphatic heterocycles. The van der Waals surface area contributed by atoms with Crippen molar-refractivity contribution >= 4 is 57.4 Å². The van der Waals surface area contributed by atoms with Crippen LogP contribution >= 0.6 is 34.5 Å². The number of thiophene rings is 1. The first-order valence-corrected chi connectivity index (χ1v) is 19.0. The number of methoxy groups -OCH3 is 3. The number of likely N-dealkylation sites (tertiary alicyclic amines) is 1. The molecule has 0 spiro atoms. The number of imidazole rings is 1. The van der Waals surface area contributed by atoms with Crippen molar-refractivity contribution < 1.29 is 19.0 Å². The first-order chi connectivity index (χ1) is 24.8. The van der Waals surface area contributed by atoms with Gasteiger partial charge in [-0.05, 0) is 85.8 Å². The predicted octanol–water partition coefficient (Wildman–Crippen LogP) is 7.87. The lowest BCUT2D eigenvalue weighted by molar-refractivity contribution is 0.0780. The monoisotopic (exact) mass is 747 g/mol. The van der Waals surface area contributed by atoms with Gasteiger partial charge in [-0.15, -0.1) is 11.3 Å². The number of hydrogen-bond acceptors (Lipinski definition) is 8. The van der Waals surface area contributed by atoms with E-state index in [9.17, 15) is 4.79 Å². The van der Waals surface area contributed by atoms with Gasteiger partial charge in [-0.2, -0.15) is 0 Å². The number of para-hydroxylation sites is 2. The summed E-state index contributed by atoms with van der Waals surface area (Å²) in [6.45, 7) is 6.63. The SMILES string of the molecule is COc1cc(C(=O)N2CCC(CCN3CCCN(c4nc5ccccc5n4Cc4cccs4)CC3)(c3ccc(Cl)c(Cl)c3)C2)cc(OC)c1OC. The van der Waals surface area contributed by atoms with E-state index in [1.807, 2.05) is 17.0 Å². The van der Waals surface area contributed by atoms with Crippen LogP contribution in [0, 0.1) is 0 Å². The number of nitrogens with zero attached hydrogens (tertiary/aromatic N) is 5. The van der Waals surface area contributed by atoms with Gasteiger partial charge in [-0.3, -0.25) is 4.79 Å². The molecule has 0 saturated carbocycles. The highest BCUT2D eigenvalue weighted by molar-refractivity contribution is 7.09. The molecule has 1 atom stereocenters. The number of carbonyl (C=O) groups excluding carboxylic acids is 1. The molecule has 1 amide bonds. The highest BCUT2D eigenvalue weighted by Gasteiger charge is 2.42. The number of rotatable bonds is 11. The van der Waals surface area contributed by atoms with Crippen LogP contribution in [0.25, 0.3) is 11.0 Å². The number of hydrogen-bond donors (Lipinski definition) is 0. The molecule has 268 valence electrons. The van der Waals surface area contributed by atoms with Gasteiger partial charge in [0.05, 0.1) is 49.0 Å². The van der Waals surface area contributed by atoms with Gasteiger partial charge in [0.1, 0.15) is 0 Å². The van der Waals surface area contributed by atoms with Crippen LogP contribution < -0.4 is 19.1 Å². The van der Waals surface area contributed by atoms with E-state index in [1.54, 1.807) is 44.8 Å². The molecule has 4 heterocycles. The molecule has 2 fully saturated rings. The molecule has 0 bridgehead atoms. The third-order valence-electron chi connectivity index (χ3n) is 10.4. The third kappa shape index (κ3) is 7.24. The zero-order chi connectivity index (χ0) is 35.5. The van der Waals surface area contributed by atoms with Crippen molar-refractivity contribution in [3.8, 4) is 17.2 Å². The molecule has 0 radical (unpaired) electrons. The summed E-state index contributed by atoms with van der Waals surface area (Å²) in [5, 5.41) is 3.19. The van der Waals surface area contributed by atoms with E-state index in [0.29, 0.717) is 45.9 Å². The van der Waals surface area contributed by atoms with Gasteiger partial charge in [-0.25, -0.2) is 4.98 Å². The van der Waals surface area contributed by atoms with E-state index in [4.69, 9.17) is 42.4 Å². The van der Waals surface area contributed by atoms with Gasteiger partial charge in [-0.1, -0.05) is 47.5 Å². The van der Waals surface area contributed by atoms with E-state index < -0.39 is 0 Å². The molecule has 7 rings (SSSR count). The Kier molecular flexibility index (Phi) is 10.7. The quantitative estimate of drug-likeness (QED) is 0.136. The van der Waals surface area contributed by atoms with Crippen molar-refractivity contribution in [2.75, 3.05) is 72.0 Å². The number of ether oxygens (including phenoxy) is 3. The molecule has 12 heteroatoms. The largest absolute Gasteiger partial charge is 0.493 e. The van der Waals surface area contributed by atoms with Crippen molar-refractivity contribution in [2.45, 2.75) is 31.2 Å². The highest BCUT2D eigenvalue weighted by atomic mass is 35.5.